The van der Waals surface area contributed by atoms with E-state index >= 15 is 0 Å². The Bertz CT molecular complexity index is 1670. The lowest BCUT2D eigenvalue weighted by atomic mass is 9.98. The van der Waals surface area contributed by atoms with Crippen molar-refractivity contribution in [2.24, 2.45) is 7.05 Å². The number of nitrogens with one attached hydrogen (secondary N) is 1. The number of esters is 3. The van der Waals surface area contributed by atoms with Crippen LogP contribution in [-0.4, -0.2) is 45.6 Å². The van der Waals surface area contributed by atoms with Crippen molar-refractivity contribution in [2.75, 3.05) is 7.11 Å². The Morgan fingerprint density at radius 2 is 1.33 bits per heavy atom. The van der Waals surface area contributed by atoms with Gasteiger partial charge in [-0.15, -0.1) is 0 Å². The molecule has 2 aromatic heterocycles. The SMILES string of the molecule is COC(=O)CCc1c(Cc2c(CCC(=O)O)c(C)c(C(=O)OCc3ccccc3)n2C)[nH]c(C(=O)OCc2ccccc2)c1C. The molecule has 10 heteroatoms. The van der Waals surface area contributed by atoms with Crippen molar-refractivity contribution in [3.63, 3.8) is 0 Å². The van der Waals surface area contributed by atoms with Crippen molar-refractivity contribution >= 4 is 23.9 Å². The van der Waals surface area contributed by atoms with Crippen molar-refractivity contribution in [1.29, 1.82) is 0 Å². The number of carbonyl (C=O) groups excluding carboxylic acids is 3. The average molecular weight is 615 g/mol. The predicted octanol–water partition coefficient (Wildman–Crippen LogP) is 5.40. The van der Waals surface area contributed by atoms with Crippen LogP contribution in [-0.2, 0) is 63.3 Å². The summed E-state index contributed by atoms with van der Waals surface area (Å²) in [5, 5.41) is 9.47. The fraction of sp³-hybridized carbons (Fsp3) is 0.314. The van der Waals surface area contributed by atoms with Crippen molar-refractivity contribution in [3.8, 4) is 0 Å². The zero-order valence-electron chi connectivity index (χ0n) is 26.0. The first kappa shape index (κ1) is 32.8. The van der Waals surface area contributed by atoms with E-state index in [2.05, 4.69) is 4.98 Å². The normalized spacial score (nSPS) is 10.8. The fourth-order valence-corrected chi connectivity index (χ4v) is 5.50. The molecule has 4 rings (SSSR count). The third-order valence-corrected chi connectivity index (χ3v) is 7.93. The Morgan fingerprint density at radius 1 is 0.778 bits per heavy atom. The Labute approximate surface area is 261 Å². The Kier molecular flexibility index (Phi) is 11.0. The first-order valence-corrected chi connectivity index (χ1v) is 14.7. The van der Waals surface area contributed by atoms with E-state index in [4.69, 9.17) is 14.2 Å². The largest absolute Gasteiger partial charge is 0.481 e. The molecule has 0 spiro atoms. The number of aliphatic carboxylic acids is 1. The maximum Gasteiger partial charge on any atom is 0.355 e. The molecule has 0 atom stereocenters. The quantitative estimate of drug-likeness (QED) is 0.142. The van der Waals surface area contributed by atoms with Gasteiger partial charge in [0.05, 0.1) is 7.11 Å². The van der Waals surface area contributed by atoms with Crippen molar-refractivity contribution < 1.29 is 38.5 Å². The molecule has 0 radical (unpaired) electrons. The van der Waals surface area contributed by atoms with Crippen molar-refractivity contribution in [1.82, 2.24) is 9.55 Å². The summed E-state index contributed by atoms with van der Waals surface area (Å²) < 4.78 is 17.8. The molecule has 2 N–H and O–H groups in total. The number of hydrogen-bond acceptors (Lipinski definition) is 7. The smallest absolute Gasteiger partial charge is 0.355 e. The molecular weight excluding hydrogens is 576 g/mol. The number of H-pyrrole nitrogens is 1. The Morgan fingerprint density at radius 3 is 1.89 bits per heavy atom. The van der Waals surface area contributed by atoms with Gasteiger partial charge in [-0.05, 0) is 60.1 Å². The zero-order valence-corrected chi connectivity index (χ0v) is 26.0. The number of carboxylic acid groups (broad SMARTS) is 1. The van der Waals surface area contributed by atoms with Crippen LogP contribution in [0.3, 0.4) is 0 Å². The number of aromatic amines is 1. The van der Waals surface area contributed by atoms with Crippen LogP contribution in [0.5, 0.6) is 0 Å². The third-order valence-electron chi connectivity index (χ3n) is 7.93. The minimum atomic E-state index is -0.963. The summed E-state index contributed by atoms with van der Waals surface area (Å²) in [4.78, 5) is 53.4. The van der Waals surface area contributed by atoms with Crippen molar-refractivity contribution in [2.45, 2.75) is 59.2 Å². The summed E-state index contributed by atoms with van der Waals surface area (Å²) in [6, 6.07) is 18.7. The van der Waals surface area contributed by atoms with Gasteiger partial charge in [0.25, 0.3) is 0 Å². The van der Waals surface area contributed by atoms with Crippen LogP contribution in [0, 0.1) is 13.8 Å². The van der Waals surface area contributed by atoms with Gasteiger partial charge in [-0.3, -0.25) is 9.59 Å². The van der Waals surface area contributed by atoms with Crippen LogP contribution in [0.1, 0.15) is 78.6 Å². The molecule has 0 saturated carbocycles. The molecule has 0 bridgehead atoms. The molecule has 236 valence electrons. The highest BCUT2D eigenvalue weighted by molar-refractivity contribution is 5.91. The number of rotatable bonds is 14. The molecule has 45 heavy (non-hydrogen) atoms. The van der Waals surface area contributed by atoms with Crippen LogP contribution in [0.15, 0.2) is 60.7 Å². The molecule has 2 heterocycles. The first-order valence-electron chi connectivity index (χ1n) is 14.7. The van der Waals surface area contributed by atoms with E-state index in [1.165, 1.54) is 7.11 Å². The molecule has 0 saturated heterocycles. The van der Waals surface area contributed by atoms with Gasteiger partial charge in [-0.2, -0.15) is 0 Å². The lowest BCUT2D eigenvalue weighted by Crippen LogP contribution is -2.13. The minimum Gasteiger partial charge on any atom is -0.481 e. The summed E-state index contributed by atoms with van der Waals surface area (Å²) in [5.41, 5.74) is 6.37. The van der Waals surface area contributed by atoms with Gasteiger partial charge < -0.3 is 28.9 Å². The monoisotopic (exact) mass is 614 g/mol. The molecule has 0 fully saturated rings. The van der Waals surface area contributed by atoms with E-state index in [0.717, 1.165) is 16.7 Å². The highest BCUT2D eigenvalue weighted by atomic mass is 16.5. The van der Waals surface area contributed by atoms with Gasteiger partial charge >= 0.3 is 23.9 Å². The minimum absolute atomic E-state index is 0.0893. The lowest BCUT2D eigenvalue weighted by Gasteiger charge is -2.11. The molecule has 10 nitrogen and oxygen atoms in total. The molecular formula is C35H38N2O8. The Hall–Kier alpha value is -5.12. The second kappa shape index (κ2) is 15.1. The highest BCUT2D eigenvalue weighted by Crippen LogP contribution is 2.30. The summed E-state index contributed by atoms with van der Waals surface area (Å²) in [6.07, 6.45) is 0.694. The van der Waals surface area contributed by atoms with Crippen LogP contribution in [0.25, 0.3) is 0 Å². The van der Waals surface area contributed by atoms with E-state index < -0.39 is 23.9 Å². The predicted molar refractivity (Wildman–Crippen MR) is 166 cm³/mol. The maximum atomic E-state index is 13.3. The van der Waals surface area contributed by atoms with Crippen LogP contribution in [0.4, 0.5) is 0 Å². The number of hydrogen-bond donors (Lipinski definition) is 2. The highest BCUT2D eigenvalue weighted by Gasteiger charge is 2.27. The number of methoxy groups -OCH3 is 1. The molecule has 0 aliphatic carbocycles. The topological polar surface area (TPSA) is 137 Å². The maximum absolute atomic E-state index is 13.3. The van der Waals surface area contributed by atoms with Gasteiger partial charge in [-0.1, -0.05) is 60.7 Å². The number of nitrogens with zero attached hydrogens (tertiary/aromatic N) is 1. The summed E-state index contributed by atoms with van der Waals surface area (Å²) in [6.45, 7) is 3.76. The molecule has 0 aliphatic heterocycles. The first-order chi connectivity index (χ1) is 21.6. The van der Waals surface area contributed by atoms with Crippen LogP contribution < -0.4 is 0 Å². The van der Waals surface area contributed by atoms with E-state index in [1.807, 2.05) is 60.7 Å². The molecule has 2 aromatic carbocycles. The van der Waals surface area contributed by atoms with Gasteiger partial charge in [0, 0.05) is 37.7 Å². The van der Waals surface area contributed by atoms with Crippen LogP contribution >= 0.6 is 0 Å². The van der Waals surface area contributed by atoms with Crippen LogP contribution in [0.2, 0.25) is 0 Å². The number of ether oxygens (including phenoxy) is 3. The summed E-state index contributed by atoms with van der Waals surface area (Å²) >= 11 is 0. The van der Waals surface area contributed by atoms with E-state index in [-0.39, 0.29) is 44.6 Å². The lowest BCUT2D eigenvalue weighted by molar-refractivity contribution is -0.140. The Balaban J connectivity index is 1.69. The van der Waals surface area contributed by atoms with Crippen molar-refractivity contribution in [3.05, 3.63) is 117 Å². The standard InChI is InChI=1S/C35H38N2O8/c1-22-26(16-18-31(40)43-4)28(36-32(22)34(41)44-20-24-11-7-5-8-12-24)19-29-27(15-17-30(38)39)23(2)33(37(29)3)35(42)45-21-25-13-9-6-10-14-25/h5-14,36H,15-21H2,1-4H3,(H,38,39). The van der Waals surface area contributed by atoms with E-state index in [1.54, 1.807) is 25.5 Å². The number of aromatic nitrogens is 2. The van der Waals surface area contributed by atoms with Gasteiger partial charge in [-0.25, -0.2) is 9.59 Å². The molecule has 0 aliphatic rings. The molecule has 0 unspecified atom stereocenters. The third kappa shape index (κ3) is 8.08. The molecule has 4 aromatic rings. The fourth-order valence-electron chi connectivity index (χ4n) is 5.50. The summed E-state index contributed by atoms with van der Waals surface area (Å²) in [7, 11) is 3.06. The number of benzene rings is 2. The van der Waals surface area contributed by atoms with Gasteiger partial charge in [0.15, 0.2) is 0 Å². The van der Waals surface area contributed by atoms with Gasteiger partial charge in [0.2, 0.25) is 0 Å². The second-order valence-electron chi connectivity index (χ2n) is 10.8. The van der Waals surface area contributed by atoms with E-state index in [9.17, 15) is 24.3 Å². The average Bonchev–Trinajstić information content (AvgIpc) is 3.48. The second-order valence-corrected chi connectivity index (χ2v) is 10.8. The number of carboxylic acids is 1. The number of carbonyl (C=O) groups is 4. The van der Waals surface area contributed by atoms with Gasteiger partial charge in [0.1, 0.15) is 24.6 Å². The van der Waals surface area contributed by atoms with E-state index in [0.29, 0.717) is 40.2 Å². The molecule has 0 amide bonds. The zero-order chi connectivity index (χ0) is 32.5. The summed E-state index contributed by atoms with van der Waals surface area (Å²) in [5.74, 6) is -2.42.